The lowest BCUT2D eigenvalue weighted by atomic mass is 10.0. The van der Waals surface area contributed by atoms with E-state index in [4.69, 9.17) is 9.15 Å². The van der Waals surface area contributed by atoms with Gasteiger partial charge in [0.05, 0.1) is 12.4 Å². The van der Waals surface area contributed by atoms with Crippen LogP contribution in [0.25, 0.3) is 11.1 Å². The molecule has 0 unspecified atom stereocenters. The largest absolute Gasteiger partial charge is 0.459 e. The average Bonchev–Trinajstić information content (AvgIpc) is 3.25. The topological polar surface area (TPSA) is 51.5 Å². The minimum atomic E-state index is -0.159. The number of carbonyl (C=O) groups excluding carboxylic acids is 1. The molecule has 1 fully saturated rings. The molecule has 1 aromatic carbocycles. The van der Waals surface area contributed by atoms with E-state index in [0.717, 1.165) is 43.4 Å². The molecule has 0 aliphatic carbocycles. The highest BCUT2D eigenvalue weighted by atomic mass is 16.5. The van der Waals surface area contributed by atoms with Crippen LogP contribution >= 0.6 is 0 Å². The Hall–Kier alpha value is -2.07. The first-order valence-corrected chi connectivity index (χ1v) is 8.29. The van der Waals surface area contributed by atoms with Crippen LogP contribution in [0.2, 0.25) is 0 Å². The van der Waals surface area contributed by atoms with Crippen LogP contribution in [0, 0.1) is 0 Å². The maximum absolute atomic E-state index is 12.5. The van der Waals surface area contributed by atoms with Gasteiger partial charge >= 0.3 is 0 Å². The van der Waals surface area contributed by atoms with Gasteiger partial charge in [0.1, 0.15) is 0 Å². The van der Waals surface area contributed by atoms with E-state index in [1.807, 2.05) is 43.3 Å². The third kappa shape index (κ3) is 4.02. The Morgan fingerprint density at radius 2 is 2.13 bits per heavy atom. The Kier molecular flexibility index (Phi) is 5.13. The fourth-order valence-corrected chi connectivity index (χ4v) is 3.00. The molecule has 1 saturated heterocycles. The van der Waals surface area contributed by atoms with Crippen LogP contribution in [0.3, 0.4) is 0 Å². The summed E-state index contributed by atoms with van der Waals surface area (Å²) in [5, 5.41) is 3.03. The first-order chi connectivity index (χ1) is 11.2. The molecule has 1 aromatic heterocycles. The van der Waals surface area contributed by atoms with Crippen molar-refractivity contribution < 1.29 is 13.9 Å². The van der Waals surface area contributed by atoms with Crippen LogP contribution in [0.15, 0.2) is 47.1 Å². The smallest absolute Gasteiger partial charge is 0.287 e. The third-order valence-corrected chi connectivity index (χ3v) is 4.28. The van der Waals surface area contributed by atoms with Crippen LogP contribution in [0.5, 0.6) is 0 Å². The summed E-state index contributed by atoms with van der Waals surface area (Å²) in [6.45, 7) is 2.90. The van der Waals surface area contributed by atoms with Crippen molar-refractivity contribution in [2.45, 2.75) is 44.8 Å². The normalized spacial score (nSPS) is 18.7. The molecule has 4 nitrogen and oxygen atoms in total. The van der Waals surface area contributed by atoms with Crippen molar-refractivity contribution >= 4 is 5.91 Å². The van der Waals surface area contributed by atoms with E-state index >= 15 is 0 Å². The van der Waals surface area contributed by atoms with Crippen molar-refractivity contribution in [3.63, 3.8) is 0 Å². The summed E-state index contributed by atoms with van der Waals surface area (Å²) in [7, 11) is 0. The van der Waals surface area contributed by atoms with Gasteiger partial charge in [0.2, 0.25) is 0 Å². The molecule has 0 spiro atoms. The fraction of sp³-hybridized carbons (Fsp3) is 0.421. The number of hydrogen-bond acceptors (Lipinski definition) is 3. The van der Waals surface area contributed by atoms with Crippen molar-refractivity contribution in [1.29, 1.82) is 0 Å². The summed E-state index contributed by atoms with van der Waals surface area (Å²) in [4.78, 5) is 12.5. The first-order valence-electron chi connectivity index (χ1n) is 8.29. The Morgan fingerprint density at radius 3 is 2.87 bits per heavy atom. The predicted octanol–water partition coefficient (Wildman–Crippen LogP) is 4.02. The van der Waals surface area contributed by atoms with E-state index in [1.165, 1.54) is 0 Å². The second-order valence-electron chi connectivity index (χ2n) is 6.12. The number of rotatable bonds is 6. The second kappa shape index (κ2) is 7.47. The summed E-state index contributed by atoms with van der Waals surface area (Å²) in [5.41, 5.74) is 1.81. The van der Waals surface area contributed by atoms with E-state index in [9.17, 15) is 4.79 Å². The molecule has 2 heterocycles. The molecule has 2 aromatic rings. The van der Waals surface area contributed by atoms with Gasteiger partial charge in [-0.1, -0.05) is 30.3 Å². The molecular formula is C19H23NO3. The zero-order chi connectivity index (χ0) is 16.1. The van der Waals surface area contributed by atoms with E-state index < -0.39 is 0 Å². The number of carbonyl (C=O) groups is 1. The number of ether oxygens (including phenoxy) is 1. The minimum absolute atomic E-state index is 0.0976. The maximum atomic E-state index is 12.5. The quantitative estimate of drug-likeness (QED) is 0.876. The minimum Gasteiger partial charge on any atom is -0.459 e. The van der Waals surface area contributed by atoms with E-state index in [0.29, 0.717) is 11.9 Å². The average molecular weight is 313 g/mol. The number of hydrogen-bond donors (Lipinski definition) is 1. The molecule has 1 N–H and O–H groups in total. The summed E-state index contributed by atoms with van der Waals surface area (Å²) in [6.07, 6.45) is 6.12. The fourth-order valence-electron chi connectivity index (χ4n) is 3.00. The number of amides is 1. The number of nitrogens with one attached hydrogen (secondary N) is 1. The van der Waals surface area contributed by atoms with Gasteiger partial charge in [-0.25, -0.2) is 0 Å². The van der Waals surface area contributed by atoms with Gasteiger partial charge in [-0.3, -0.25) is 4.79 Å². The Bertz CT molecular complexity index is 629. The van der Waals surface area contributed by atoms with Gasteiger partial charge in [0.15, 0.2) is 5.76 Å². The van der Waals surface area contributed by atoms with Gasteiger partial charge in [-0.15, -0.1) is 0 Å². The zero-order valence-electron chi connectivity index (χ0n) is 13.5. The van der Waals surface area contributed by atoms with Gasteiger partial charge in [-0.05, 0) is 44.2 Å². The summed E-state index contributed by atoms with van der Waals surface area (Å²) in [5.74, 6) is 0.217. The lowest BCUT2D eigenvalue weighted by molar-refractivity contribution is 0.0878. The van der Waals surface area contributed by atoms with Gasteiger partial charge < -0.3 is 14.5 Å². The first kappa shape index (κ1) is 15.8. The second-order valence-corrected chi connectivity index (χ2v) is 6.12. The monoisotopic (exact) mass is 313 g/mol. The molecular weight excluding hydrogens is 290 g/mol. The highest BCUT2D eigenvalue weighted by Crippen LogP contribution is 2.25. The highest BCUT2D eigenvalue weighted by molar-refractivity contribution is 5.98. The summed E-state index contributed by atoms with van der Waals surface area (Å²) in [6, 6.07) is 11.7. The summed E-state index contributed by atoms with van der Waals surface area (Å²) < 4.78 is 11.0. The zero-order valence-corrected chi connectivity index (χ0v) is 13.5. The van der Waals surface area contributed by atoms with E-state index in [-0.39, 0.29) is 11.9 Å². The van der Waals surface area contributed by atoms with Gasteiger partial charge in [0, 0.05) is 18.2 Å². The highest BCUT2D eigenvalue weighted by Gasteiger charge is 2.20. The lowest BCUT2D eigenvalue weighted by Gasteiger charge is -2.16. The molecule has 4 heteroatoms. The van der Waals surface area contributed by atoms with Crippen LogP contribution in [0.1, 0.15) is 43.2 Å². The molecule has 1 aliphatic rings. The van der Waals surface area contributed by atoms with Crippen molar-refractivity contribution in [2.75, 3.05) is 6.61 Å². The Labute approximate surface area is 136 Å². The van der Waals surface area contributed by atoms with Crippen LogP contribution in [-0.2, 0) is 4.74 Å². The van der Waals surface area contributed by atoms with Crippen LogP contribution < -0.4 is 5.32 Å². The molecule has 1 amide bonds. The van der Waals surface area contributed by atoms with E-state index in [1.54, 1.807) is 6.26 Å². The van der Waals surface area contributed by atoms with Crippen LogP contribution in [-0.4, -0.2) is 24.7 Å². The molecule has 0 saturated carbocycles. The van der Waals surface area contributed by atoms with Crippen molar-refractivity contribution in [3.8, 4) is 11.1 Å². The van der Waals surface area contributed by atoms with Crippen molar-refractivity contribution in [1.82, 2.24) is 5.32 Å². The molecule has 3 rings (SSSR count). The van der Waals surface area contributed by atoms with Crippen molar-refractivity contribution in [2.24, 2.45) is 0 Å². The molecule has 2 atom stereocenters. The molecule has 23 heavy (non-hydrogen) atoms. The van der Waals surface area contributed by atoms with Crippen LogP contribution in [0.4, 0.5) is 0 Å². The van der Waals surface area contributed by atoms with Gasteiger partial charge in [-0.2, -0.15) is 0 Å². The molecule has 0 radical (unpaired) electrons. The Balaban J connectivity index is 1.59. The molecule has 0 bridgehead atoms. The third-order valence-electron chi connectivity index (χ3n) is 4.28. The van der Waals surface area contributed by atoms with E-state index in [2.05, 4.69) is 5.32 Å². The summed E-state index contributed by atoms with van der Waals surface area (Å²) >= 11 is 0. The predicted molar refractivity (Wildman–Crippen MR) is 89.3 cm³/mol. The standard InChI is InChI=1S/C19H23NO3/c1-14(9-10-16-8-5-12-22-16)20-19(21)18-17(11-13-23-18)15-6-3-2-4-7-15/h2-4,6-7,11,13-14,16H,5,8-10,12H2,1H3,(H,20,21)/t14-,16-/m0/s1. The number of furan rings is 1. The van der Waals surface area contributed by atoms with Crippen molar-refractivity contribution in [3.05, 3.63) is 48.4 Å². The number of benzene rings is 1. The maximum Gasteiger partial charge on any atom is 0.287 e. The Morgan fingerprint density at radius 1 is 1.30 bits per heavy atom. The van der Waals surface area contributed by atoms with Gasteiger partial charge in [0.25, 0.3) is 5.91 Å². The lowest BCUT2D eigenvalue weighted by Crippen LogP contribution is -2.33. The SMILES string of the molecule is C[C@@H](CC[C@@H]1CCCO1)NC(=O)c1occc1-c1ccccc1. The molecule has 122 valence electrons. The molecule has 1 aliphatic heterocycles.